The Morgan fingerprint density at radius 2 is 1.81 bits per heavy atom. The number of thioether (sulfide) groups is 1. The normalized spacial score (nSPS) is 14.8. The average Bonchev–Trinajstić information content (AvgIpc) is 3.26. The van der Waals surface area contributed by atoms with Crippen molar-refractivity contribution in [2.75, 3.05) is 10.6 Å². The summed E-state index contributed by atoms with van der Waals surface area (Å²) in [4.78, 5) is 18.1. The van der Waals surface area contributed by atoms with Crippen molar-refractivity contribution in [2.24, 2.45) is 0 Å². The fourth-order valence-corrected chi connectivity index (χ4v) is 5.25. The zero-order valence-corrected chi connectivity index (χ0v) is 21.1. The molecule has 1 atom stereocenters. The third kappa shape index (κ3) is 4.77. The van der Waals surface area contributed by atoms with Crippen molar-refractivity contribution in [2.45, 2.75) is 37.7 Å². The van der Waals surface area contributed by atoms with E-state index in [0.29, 0.717) is 39.4 Å². The summed E-state index contributed by atoms with van der Waals surface area (Å²) in [6.07, 6.45) is 0. The topological polar surface area (TPSA) is 71.8 Å². The first kappa shape index (κ1) is 23.8. The van der Waals surface area contributed by atoms with Gasteiger partial charge in [-0.25, -0.2) is 9.07 Å². The van der Waals surface area contributed by atoms with Crippen LogP contribution in [0.3, 0.4) is 0 Å². The number of anilines is 2. The molecule has 36 heavy (non-hydrogen) atoms. The van der Waals surface area contributed by atoms with Crippen LogP contribution in [-0.2, 0) is 10.5 Å². The van der Waals surface area contributed by atoms with Crippen LogP contribution in [0.5, 0.6) is 0 Å². The van der Waals surface area contributed by atoms with E-state index in [1.807, 2.05) is 30.3 Å². The number of nitrogens with one attached hydrogen (secondary N) is 2. The van der Waals surface area contributed by atoms with Gasteiger partial charge in [-0.15, -0.1) is 5.10 Å². The third-order valence-corrected chi connectivity index (χ3v) is 7.05. The molecule has 0 radical (unpaired) electrons. The van der Waals surface area contributed by atoms with Gasteiger partial charge in [0.15, 0.2) is 0 Å². The summed E-state index contributed by atoms with van der Waals surface area (Å²) in [7, 11) is 0. The lowest BCUT2D eigenvalue weighted by molar-refractivity contribution is -0.113. The summed E-state index contributed by atoms with van der Waals surface area (Å²) in [5.74, 6) is 0.437. The summed E-state index contributed by atoms with van der Waals surface area (Å²) in [6, 6.07) is 21.3. The van der Waals surface area contributed by atoms with Crippen LogP contribution in [0.4, 0.5) is 16.0 Å². The minimum absolute atomic E-state index is 0.329. The molecule has 0 bridgehead atoms. The maximum atomic E-state index is 15.1. The molecule has 0 spiro atoms. The van der Waals surface area contributed by atoms with E-state index in [4.69, 9.17) is 5.10 Å². The van der Waals surface area contributed by atoms with E-state index < -0.39 is 11.9 Å². The number of allylic oxidation sites excluding steroid dienone is 1. The lowest BCUT2D eigenvalue weighted by Crippen LogP contribution is -2.32. The Kier molecular flexibility index (Phi) is 6.61. The summed E-state index contributed by atoms with van der Waals surface area (Å²) in [5, 5.41) is 11.4. The Balaban J connectivity index is 1.50. The molecular formula is C28H26FN5OS. The molecule has 1 aliphatic rings. The van der Waals surface area contributed by atoms with Crippen molar-refractivity contribution in [3.63, 3.8) is 0 Å². The molecule has 0 fully saturated rings. The molecule has 1 amide bonds. The predicted molar refractivity (Wildman–Crippen MR) is 141 cm³/mol. The number of nitrogens with zero attached hydrogens (tertiary/aromatic N) is 3. The van der Waals surface area contributed by atoms with Gasteiger partial charge >= 0.3 is 0 Å². The number of rotatable bonds is 6. The van der Waals surface area contributed by atoms with Crippen molar-refractivity contribution < 1.29 is 9.18 Å². The van der Waals surface area contributed by atoms with Gasteiger partial charge in [0.25, 0.3) is 5.91 Å². The lowest BCUT2D eigenvalue weighted by Gasteiger charge is -2.28. The van der Waals surface area contributed by atoms with Gasteiger partial charge < -0.3 is 10.6 Å². The van der Waals surface area contributed by atoms with E-state index in [1.54, 1.807) is 29.8 Å². The van der Waals surface area contributed by atoms with E-state index in [2.05, 4.69) is 47.7 Å². The van der Waals surface area contributed by atoms with E-state index in [0.717, 1.165) is 0 Å². The number of carbonyl (C=O) groups is 1. The van der Waals surface area contributed by atoms with E-state index in [1.165, 1.54) is 34.5 Å². The molecule has 2 N–H and O–H groups in total. The van der Waals surface area contributed by atoms with Crippen LogP contribution >= 0.6 is 11.8 Å². The fraction of sp³-hybridized carbons (Fsp3) is 0.179. The molecule has 6 nitrogen and oxygen atoms in total. The highest BCUT2D eigenvalue weighted by atomic mass is 32.2. The number of benzene rings is 3. The Morgan fingerprint density at radius 1 is 1.06 bits per heavy atom. The minimum atomic E-state index is -0.769. The lowest BCUT2D eigenvalue weighted by atomic mass is 9.94. The molecule has 1 aromatic heterocycles. The predicted octanol–water partition coefficient (Wildman–Crippen LogP) is 6.25. The maximum Gasteiger partial charge on any atom is 0.255 e. The monoisotopic (exact) mass is 499 g/mol. The first-order valence-electron chi connectivity index (χ1n) is 11.6. The van der Waals surface area contributed by atoms with Gasteiger partial charge in [0.2, 0.25) is 11.1 Å². The van der Waals surface area contributed by atoms with Crippen LogP contribution in [-0.4, -0.2) is 20.7 Å². The number of para-hydroxylation sites is 1. The fourth-order valence-electron chi connectivity index (χ4n) is 4.34. The second kappa shape index (κ2) is 9.99. The van der Waals surface area contributed by atoms with Crippen molar-refractivity contribution in [1.82, 2.24) is 14.8 Å². The molecule has 0 aliphatic carbocycles. The standard InChI is InChI=1S/C28H26FN5OS/c1-17-13-14-20(18(2)15-17)16-36-28-32-27-30-19(3)24(26(35)31-21-9-5-4-6-10-21)25(34(27)33-28)22-11-7-8-12-23(22)29/h4-15,25H,16H2,1-3H3,(H,31,35)(H,30,32,33)/t25-/m0/s1. The summed E-state index contributed by atoms with van der Waals surface area (Å²) in [6.45, 7) is 5.97. The second-order valence-corrected chi connectivity index (χ2v) is 9.73. The molecule has 3 aromatic carbocycles. The van der Waals surface area contributed by atoms with Crippen LogP contribution in [0.2, 0.25) is 0 Å². The quantitative estimate of drug-likeness (QED) is 0.307. The van der Waals surface area contributed by atoms with E-state index in [-0.39, 0.29) is 5.91 Å². The third-order valence-electron chi connectivity index (χ3n) is 6.16. The SMILES string of the molecule is CC1=C(C(=O)Nc2ccccc2)[C@H](c2ccccc2F)n2nc(SCc3ccc(C)cc3C)nc2N1. The largest absolute Gasteiger partial charge is 0.328 e. The molecule has 4 aromatic rings. The maximum absolute atomic E-state index is 15.1. The van der Waals surface area contributed by atoms with Crippen molar-refractivity contribution in [1.29, 1.82) is 0 Å². The average molecular weight is 500 g/mol. The minimum Gasteiger partial charge on any atom is -0.328 e. The molecule has 0 saturated carbocycles. The molecular weight excluding hydrogens is 473 g/mol. The summed E-state index contributed by atoms with van der Waals surface area (Å²) in [5.41, 5.74) is 5.63. The zero-order valence-electron chi connectivity index (χ0n) is 20.2. The van der Waals surface area contributed by atoms with Crippen LogP contribution in [0.25, 0.3) is 0 Å². The summed E-state index contributed by atoms with van der Waals surface area (Å²) >= 11 is 1.51. The Labute approximate surface area is 213 Å². The van der Waals surface area contributed by atoms with Gasteiger partial charge in [-0.1, -0.05) is 71.9 Å². The molecule has 1 aliphatic heterocycles. The number of aromatic nitrogens is 3. The second-order valence-electron chi connectivity index (χ2n) is 8.79. The molecule has 182 valence electrons. The van der Waals surface area contributed by atoms with Crippen molar-refractivity contribution >= 4 is 29.3 Å². The molecule has 8 heteroatoms. The number of carbonyl (C=O) groups excluding carboxylic acids is 1. The van der Waals surface area contributed by atoms with Gasteiger partial charge in [0.05, 0.1) is 5.57 Å². The van der Waals surface area contributed by atoms with Gasteiger partial charge in [-0.2, -0.15) is 4.98 Å². The van der Waals surface area contributed by atoms with Crippen molar-refractivity contribution in [3.05, 3.63) is 112 Å². The first-order chi connectivity index (χ1) is 17.4. The highest BCUT2D eigenvalue weighted by molar-refractivity contribution is 7.98. The Hall–Kier alpha value is -3.91. The van der Waals surface area contributed by atoms with Gasteiger partial charge in [-0.05, 0) is 50.1 Å². The van der Waals surface area contributed by atoms with Crippen LogP contribution in [0.1, 0.15) is 35.2 Å². The number of hydrogen-bond acceptors (Lipinski definition) is 5. The first-order valence-corrected chi connectivity index (χ1v) is 12.6. The number of halogens is 1. The number of aryl methyl sites for hydroxylation is 2. The van der Waals surface area contributed by atoms with Crippen LogP contribution in [0.15, 0.2) is 89.2 Å². The molecule has 2 heterocycles. The van der Waals surface area contributed by atoms with E-state index >= 15 is 4.39 Å². The van der Waals surface area contributed by atoms with E-state index in [9.17, 15) is 4.79 Å². The zero-order chi connectivity index (χ0) is 25.2. The van der Waals surface area contributed by atoms with Crippen molar-refractivity contribution in [3.8, 4) is 0 Å². The van der Waals surface area contributed by atoms with Gasteiger partial charge in [0.1, 0.15) is 11.9 Å². The smallest absolute Gasteiger partial charge is 0.255 e. The van der Waals surface area contributed by atoms with Gasteiger partial charge in [0, 0.05) is 22.7 Å². The molecule has 0 saturated heterocycles. The Morgan fingerprint density at radius 3 is 2.56 bits per heavy atom. The highest BCUT2D eigenvalue weighted by Gasteiger charge is 2.35. The number of fused-ring (bicyclic) bond motifs is 1. The number of amides is 1. The van der Waals surface area contributed by atoms with Gasteiger partial charge in [-0.3, -0.25) is 4.79 Å². The molecule has 5 rings (SSSR count). The van der Waals surface area contributed by atoms with Crippen LogP contribution < -0.4 is 10.6 Å². The molecule has 0 unspecified atom stereocenters. The highest BCUT2D eigenvalue weighted by Crippen LogP contribution is 2.38. The number of hydrogen-bond donors (Lipinski definition) is 2. The van der Waals surface area contributed by atoms with Crippen LogP contribution in [0, 0.1) is 19.7 Å². The Bertz CT molecular complexity index is 1460. The summed E-state index contributed by atoms with van der Waals surface area (Å²) < 4.78 is 16.7.